The number of likely N-dealkylation sites (tertiary alicyclic amines) is 1. The molecule has 0 aromatic rings. The lowest BCUT2D eigenvalue weighted by molar-refractivity contribution is 0.326. The van der Waals surface area contributed by atoms with Crippen LogP contribution in [0.3, 0.4) is 0 Å². The Bertz CT molecular complexity index is 222. The highest BCUT2D eigenvalue weighted by Crippen LogP contribution is 2.28. The van der Waals surface area contributed by atoms with E-state index < -0.39 is 0 Å². The van der Waals surface area contributed by atoms with Crippen LogP contribution in [-0.4, -0.2) is 18.0 Å². The van der Waals surface area contributed by atoms with Crippen LogP contribution in [0.1, 0.15) is 33.6 Å². The molecule has 80 valence electrons. The third-order valence-electron chi connectivity index (χ3n) is 2.74. The summed E-state index contributed by atoms with van der Waals surface area (Å²) in [4.78, 5) is 2.41. The van der Waals surface area contributed by atoms with Crippen molar-refractivity contribution >= 4 is 0 Å². The molecule has 1 unspecified atom stereocenters. The van der Waals surface area contributed by atoms with E-state index in [1.165, 1.54) is 12.1 Å². The molecule has 1 rings (SSSR count). The quantitative estimate of drug-likeness (QED) is 0.621. The van der Waals surface area contributed by atoms with Crippen molar-refractivity contribution in [3.8, 4) is 0 Å². The predicted octanol–water partition coefficient (Wildman–Crippen LogP) is 3.44. The van der Waals surface area contributed by atoms with Crippen LogP contribution in [0, 0.1) is 11.3 Å². The Morgan fingerprint density at radius 1 is 1.50 bits per heavy atom. The van der Waals surface area contributed by atoms with Crippen molar-refractivity contribution in [2.24, 2.45) is 11.3 Å². The van der Waals surface area contributed by atoms with Crippen LogP contribution in [0.5, 0.6) is 0 Å². The molecule has 1 aliphatic heterocycles. The SMILES string of the molecule is C=CC1CCN(C(=C)CC(C)(C)C)C1. The molecule has 0 saturated carbocycles. The van der Waals surface area contributed by atoms with Gasteiger partial charge in [0, 0.05) is 18.8 Å². The van der Waals surface area contributed by atoms with Gasteiger partial charge in [-0.05, 0) is 24.2 Å². The van der Waals surface area contributed by atoms with Crippen LogP contribution >= 0.6 is 0 Å². The van der Waals surface area contributed by atoms with Gasteiger partial charge in [-0.2, -0.15) is 0 Å². The van der Waals surface area contributed by atoms with Gasteiger partial charge >= 0.3 is 0 Å². The Kier molecular flexibility index (Phi) is 3.41. The zero-order valence-electron chi connectivity index (χ0n) is 9.84. The minimum Gasteiger partial charge on any atom is -0.375 e. The monoisotopic (exact) mass is 193 g/mol. The maximum absolute atomic E-state index is 4.18. The normalized spacial score (nSPS) is 22.5. The minimum absolute atomic E-state index is 0.351. The lowest BCUT2D eigenvalue weighted by Crippen LogP contribution is -2.22. The lowest BCUT2D eigenvalue weighted by atomic mass is 9.90. The van der Waals surface area contributed by atoms with Crippen molar-refractivity contribution in [2.45, 2.75) is 33.6 Å². The van der Waals surface area contributed by atoms with E-state index in [0.717, 1.165) is 19.5 Å². The maximum atomic E-state index is 4.18. The minimum atomic E-state index is 0.351. The predicted molar refractivity (Wildman–Crippen MR) is 63.1 cm³/mol. The Balaban J connectivity index is 2.43. The van der Waals surface area contributed by atoms with Crippen molar-refractivity contribution < 1.29 is 0 Å². The van der Waals surface area contributed by atoms with Crippen molar-refractivity contribution in [2.75, 3.05) is 13.1 Å². The molecule has 0 aromatic heterocycles. The van der Waals surface area contributed by atoms with E-state index in [1.54, 1.807) is 0 Å². The highest BCUT2D eigenvalue weighted by Gasteiger charge is 2.23. The van der Waals surface area contributed by atoms with Gasteiger partial charge < -0.3 is 4.90 Å². The summed E-state index contributed by atoms with van der Waals surface area (Å²) in [5.41, 5.74) is 1.64. The first kappa shape index (κ1) is 11.4. The fraction of sp³-hybridized carbons (Fsp3) is 0.692. The molecular formula is C13H23N. The van der Waals surface area contributed by atoms with Gasteiger partial charge in [0.25, 0.3) is 0 Å². The van der Waals surface area contributed by atoms with Crippen LogP contribution in [0.2, 0.25) is 0 Å². The maximum Gasteiger partial charge on any atom is 0.0238 e. The summed E-state index contributed by atoms with van der Waals surface area (Å²) in [5.74, 6) is 0.673. The van der Waals surface area contributed by atoms with Crippen LogP contribution in [0.25, 0.3) is 0 Å². The molecule has 0 aliphatic carbocycles. The lowest BCUT2D eigenvalue weighted by Gasteiger charge is -2.27. The zero-order valence-corrected chi connectivity index (χ0v) is 9.84. The standard InChI is InChI=1S/C13H23N/c1-6-12-7-8-14(10-12)11(2)9-13(3,4)5/h6,12H,1-2,7-10H2,3-5H3. The number of hydrogen-bond donors (Lipinski definition) is 0. The largest absolute Gasteiger partial charge is 0.375 e. The van der Waals surface area contributed by atoms with E-state index in [-0.39, 0.29) is 0 Å². The number of nitrogens with zero attached hydrogens (tertiary/aromatic N) is 1. The van der Waals surface area contributed by atoms with Gasteiger partial charge in [0.05, 0.1) is 0 Å². The van der Waals surface area contributed by atoms with Crippen molar-refractivity contribution in [3.63, 3.8) is 0 Å². The van der Waals surface area contributed by atoms with E-state index >= 15 is 0 Å². The third-order valence-corrected chi connectivity index (χ3v) is 2.74. The second-order valence-corrected chi connectivity index (χ2v) is 5.53. The smallest absolute Gasteiger partial charge is 0.0238 e. The molecule has 0 bridgehead atoms. The van der Waals surface area contributed by atoms with Crippen LogP contribution < -0.4 is 0 Å². The molecule has 1 saturated heterocycles. The number of allylic oxidation sites excluding steroid dienone is 1. The van der Waals surface area contributed by atoms with Crippen molar-refractivity contribution in [1.82, 2.24) is 4.90 Å². The highest BCUT2D eigenvalue weighted by atomic mass is 15.2. The highest BCUT2D eigenvalue weighted by molar-refractivity contribution is 5.02. The Morgan fingerprint density at radius 3 is 2.57 bits per heavy atom. The van der Waals surface area contributed by atoms with Gasteiger partial charge in [-0.1, -0.05) is 33.4 Å². The summed E-state index contributed by atoms with van der Waals surface area (Å²) < 4.78 is 0. The average Bonchev–Trinajstić information content (AvgIpc) is 2.48. The first-order valence-electron chi connectivity index (χ1n) is 5.47. The molecular weight excluding hydrogens is 170 g/mol. The van der Waals surface area contributed by atoms with Crippen LogP contribution in [0.4, 0.5) is 0 Å². The summed E-state index contributed by atoms with van der Waals surface area (Å²) in [7, 11) is 0. The average molecular weight is 193 g/mol. The summed E-state index contributed by atoms with van der Waals surface area (Å²) >= 11 is 0. The first-order chi connectivity index (χ1) is 6.42. The number of rotatable bonds is 3. The van der Waals surface area contributed by atoms with Gasteiger partial charge in [0.15, 0.2) is 0 Å². The topological polar surface area (TPSA) is 3.24 Å². The summed E-state index contributed by atoms with van der Waals surface area (Å²) in [5, 5.41) is 0. The van der Waals surface area contributed by atoms with Gasteiger partial charge in [-0.3, -0.25) is 0 Å². The van der Waals surface area contributed by atoms with E-state index in [9.17, 15) is 0 Å². The zero-order chi connectivity index (χ0) is 10.8. The molecule has 1 nitrogen and oxygen atoms in total. The molecule has 1 atom stereocenters. The van der Waals surface area contributed by atoms with E-state index in [0.29, 0.717) is 11.3 Å². The van der Waals surface area contributed by atoms with Crippen LogP contribution in [0.15, 0.2) is 24.9 Å². The molecule has 0 N–H and O–H groups in total. The Hall–Kier alpha value is -0.720. The molecule has 1 fully saturated rings. The molecule has 1 heteroatoms. The van der Waals surface area contributed by atoms with Crippen LogP contribution in [-0.2, 0) is 0 Å². The summed E-state index contributed by atoms with van der Waals surface area (Å²) in [6, 6.07) is 0. The van der Waals surface area contributed by atoms with E-state index in [4.69, 9.17) is 0 Å². The van der Waals surface area contributed by atoms with Gasteiger partial charge in [-0.15, -0.1) is 6.58 Å². The molecule has 0 radical (unpaired) electrons. The fourth-order valence-corrected chi connectivity index (χ4v) is 1.99. The fourth-order valence-electron chi connectivity index (χ4n) is 1.99. The van der Waals surface area contributed by atoms with Crippen molar-refractivity contribution in [1.29, 1.82) is 0 Å². The summed E-state index contributed by atoms with van der Waals surface area (Å²) in [6.07, 6.45) is 4.41. The molecule has 0 aromatic carbocycles. The van der Waals surface area contributed by atoms with E-state index in [2.05, 4.69) is 44.9 Å². The van der Waals surface area contributed by atoms with E-state index in [1.807, 2.05) is 0 Å². The third kappa shape index (κ3) is 3.21. The molecule has 1 heterocycles. The molecule has 1 aliphatic rings. The molecule has 0 amide bonds. The molecule has 0 spiro atoms. The van der Waals surface area contributed by atoms with Crippen molar-refractivity contribution in [3.05, 3.63) is 24.9 Å². The van der Waals surface area contributed by atoms with Gasteiger partial charge in [0.2, 0.25) is 0 Å². The second-order valence-electron chi connectivity index (χ2n) is 5.53. The first-order valence-corrected chi connectivity index (χ1v) is 5.47. The Morgan fingerprint density at radius 2 is 2.14 bits per heavy atom. The second kappa shape index (κ2) is 4.20. The van der Waals surface area contributed by atoms with Gasteiger partial charge in [0.1, 0.15) is 0 Å². The molecule has 14 heavy (non-hydrogen) atoms. The number of hydrogen-bond acceptors (Lipinski definition) is 1. The van der Waals surface area contributed by atoms with Gasteiger partial charge in [-0.25, -0.2) is 0 Å². The Labute approximate surface area is 88.5 Å². The summed E-state index contributed by atoms with van der Waals surface area (Å²) in [6.45, 7) is 17.1.